The zero-order valence-corrected chi connectivity index (χ0v) is 17.2. The van der Waals surface area contributed by atoms with Crippen molar-refractivity contribution in [2.45, 2.75) is 0 Å². The summed E-state index contributed by atoms with van der Waals surface area (Å²) in [6.07, 6.45) is 8.14. The Balaban J connectivity index is 1.71. The minimum atomic E-state index is 0.702. The zero-order valence-electron chi connectivity index (χ0n) is 16.4. The quantitative estimate of drug-likeness (QED) is 0.301. The van der Waals surface area contributed by atoms with Gasteiger partial charge in [0.05, 0.1) is 22.8 Å². The monoisotopic (exact) mass is 420 g/mol. The molecule has 8 bridgehead atoms. The third kappa shape index (κ3) is 3.47. The first kappa shape index (κ1) is 17.9. The summed E-state index contributed by atoms with van der Waals surface area (Å²) in [6.45, 7) is 0. The van der Waals surface area contributed by atoms with Crippen molar-refractivity contribution in [2.75, 3.05) is 0 Å². The van der Waals surface area contributed by atoms with Gasteiger partial charge in [0.1, 0.15) is 0 Å². The summed E-state index contributed by atoms with van der Waals surface area (Å²) in [5.41, 5.74) is 9.61. The summed E-state index contributed by atoms with van der Waals surface area (Å²) in [5, 5.41) is 0.702. The molecule has 0 saturated heterocycles. The minimum Gasteiger partial charge on any atom is -0.355 e. The lowest BCUT2D eigenvalue weighted by molar-refractivity contribution is 1.28. The molecule has 31 heavy (non-hydrogen) atoms. The highest BCUT2D eigenvalue weighted by molar-refractivity contribution is 6.30. The third-order valence-electron chi connectivity index (χ3n) is 5.35. The van der Waals surface area contributed by atoms with Crippen LogP contribution in [0.2, 0.25) is 5.02 Å². The van der Waals surface area contributed by atoms with Crippen LogP contribution in [0.25, 0.3) is 57.5 Å². The molecule has 2 aliphatic rings. The van der Waals surface area contributed by atoms with Gasteiger partial charge in [-0.25, -0.2) is 9.97 Å². The first-order valence-electron chi connectivity index (χ1n) is 10.0. The largest absolute Gasteiger partial charge is 0.355 e. The van der Waals surface area contributed by atoms with E-state index in [0.29, 0.717) is 5.02 Å². The summed E-state index contributed by atoms with van der Waals surface area (Å²) in [7, 11) is 0. The Morgan fingerprint density at radius 1 is 0.548 bits per heavy atom. The van der Waals surface area contributed by atoms with E-state index >= 15 is 0 Å². The molecule has 0 unspecified atom stereocenters. The highest BCUT2D eigenvalue weighted by Gasteiger charge is 2.13. The number of benzene rings is 1. The molecule has 4 nitrogen and oxygen atoms in total. The predicted molar refractivity (Wildman–Crippen MR) is 129 cm³/mol. The lowest BCUT2D eigenvalue weighted by Gasteiger charge is -2.05. The fraction of sp³-hybridized carbons (Fsp3) is 0. The Bertz CT molecular complexity index is 1440. The molecule has 1 aromatic carbocycles. The van der Waals surface area contributed by atoms with E-state index in [0.717, 1.165) is 56.0 Å². The van der Waals surface area contributed by atoms with Crippen molar-refractivity contribution >= 4 is 58.0 Å². The van der Waals surface area contributed by atoms with Crippen molar-refractivity contribution < 1.29 is 0 Å². The molecule has 5 heterocycles. The molecule has 0 atom stereocenters. The van der Waals surface area contributed by atoms with Crippen LogP contribution < -0.4 is 0 Å². The summed E-state index contributed by atoms with van der Waals surface area (Å²) in [5.74, 6) is 0. The van der Waals surface area contributed by atoms with E-state index in [1.807, 2.05) is 60.7 Å². The second kappa shape index (κ2) is 7.11. The number of fused-ring (bicyclic) bond motifs is 8. The minimum absolute atomic E-state index is 0.702. The molecular formula is C26H17ClN4. The Morgan fingerprint density at radius 2 is 1.03 bits per heavy atom. The molecule has 6 rings (SSSR count). The standard InChI is InChI=1S/C26H17ClN4/c27-17-3-1-16(2-4-17)26-24-11-9-22(30-24)14-20-7-5-18(28-20)13-19-6-8-21(29-19)15-23-10-12-25(26)31-23/h1-15,28-29H. The van der Waals surface area contributed by atoms with Gasteiger partial charge in [-0.05, 0) is 84.5 Å². The normalized spacial score (nSPS) is 12.4. The second-order valence-electron chi connectivity index (χ2n) is 7.56. The van der Waals surface area contributed by atoms with Crippen LogP contribution in [-0.4, -0.2) is 19.9 Å². The molecule has 0 amide bonds. The van der Waals surface area contributed by atoms with Gasteiger partial charge in [0.15, 0.2) is 0 Å². The average molecular weight is 421 g/mol. The number of hydrogen-bond acceptors (Lipinski definition) is 2. The number of H-pyrrole nitrogens is 2. The Morgan fingerprint density at radius 3 is 1.55 bits per heavy atom. The van der Waals surface area contributed by atoms with E-state index in [1.165, 1.54) is 0 Å². The highest BCUT2D eigenvalue weighted by Crippen LogP contribution is 2.31. The number of aromatic nitrogens is 4. The van der Waals surface area contributed by atoms with Crippen LogP contribution in [0, 0.1) is 0 Å². The molecule has 148 valence electrons. The Kier molecular flexibility index (Phi) is 4.11. The fourth-order valence-corrected chi connectivity index (χ4v) is 4.05. The number of hydrogen-bond donors (Lipinski definition) is 2. The maximum absolute atomic E-state index is 6.13. The first-order chi connectivity index (χ1) is 15.2. The van der Waals surface area contributed by atoms with E-state index in [2.05, 4.69) is 40.3 Å². The molecule has 5 heteroatoms. The molecule has 3 aromatic heterocycles. The number of nitrogens with zero attached hydrogens (tertiary/aromatic N) is 2. The molecule has 0 fully saturated rings. The van der Waals surface area contributed by atoms with Crippen LogP contribution in [0.15, 0.2) is 66.7 Å². The number of halogens is 1. The summed E-state index contributed by atoms with van der Waals surface area (Å²) in [4.78, 5) is 16.6. The molecule has 2 aliphatic heterocycles. The lowest BCUT2D eigenvalue weighted by atomic mass is 10.0. The second-order valence-corrected chi connectivity index (χ2v) is 8.00. The van der Waals surface area contributed by atoms with E-state index in [9.17, 15) is 0 Å². The van der Waals surface area contributed by atoms with Crippen LogP contribution in [0.3, 0.4) is 0 Å². The van der Waals surface area contributed by atoms with Crippen molar-refractivity contribution in [3.05, 3.63) is 94.5 Å². The van der Waals surface area contributed by atoms with E-state index in [1.54, 1.807) is 0 Å². The number of aromatic amines is 2. The van der Waals surface area contributed by atoms with Crippen LogP contribution >= 0.6 is 11.6 Å². The number of nitrogens with one attached hydrogen (secondary N) is 2. The Hall–Kier alpha value is -3.89. The summed E-state index contributed by atoms with van der Waals surface area (Å²) in [6, 6.07) is 22.2. The van der Waals surface area contributed by atoms with Gasteiger partial charge >= 0.3 is 0 Å². The van der Waals surface area contributed by atoms with Gasteiger partial charge in [0, 0.05) is 32.7 Å². The fourth-order valence-electron chi connectivity index (χ4n) is 3.92. The van der Waals surface area contributed by atoms with Gasteiger partial charge in [-0.3, -0.25) is 0 Å². The summed E-state index contributed by atoms with van der Waals surface area (Å²) < 4.78 is 0. The molecule has 2 N–H and O–H groups in total. The van der Waals surface area contributed by atoms with Gasteiger partial charge in [-0.1, -0.05) is 23.7 Å². The van der Waals surface area contributed by atoms with Gasteiger partial charge in [-0.15, -0.1) is 0 Å². The molecule has 0 radical (unpaired) electrons. The van der Waals surface area contributed by atoms with E-state index in [-0.39, 0.29) is 0 Å². The Labute approximate surface area is 183 Å². The maximum Gasteiger partial charge on any atom is 0.0737 e. The molecule has 0 spiro atoms. The van der Waals surface area contributed by atoms with Gasteiger partial charge in [0.2, 0.25) is 0 Å². The molecule has 0 aliphatic carbocycles. The van der Waals surface area contributed by atoms with Crippen molar-refractivity contribution in [1.82, 2.24) is 19.9 Å². The van der Waals surface area contributed by atoms with Gasteiger partial charge in [-0.2, -0.15) is 0 Å². The van der Waals surface area contributed by atoms with Crippen molar-refractivity contribution in [3.8, 4) is 11.1 Å². The summed E-state index contributed by atoms with van der Waals surface area (Å²) >= 11 is 6.13. The van der Waals surface area contributed by atoms with E-state index < -0.39 is 0 Å². The van der Waals surface area contributed by atoms with Gasteiger partial charge < -0.3 is 9.97 Å². The highest BCUT2D eigenvalue weighted by atomic mass is 35.5. The molecule has 4 aromatic rings. The van der Waals surface area contributed by atoms with Crippen LogP contribution in [0.1, 0.15) is 22.8 Å². The maximum atomic E-state index is 6.13. The number of rotatable bonds is 1. The van der Waals surface area contributed by atoms with Gasteiger partial charge in [0.25, 0.3) is 0 Å². The molecular weight excluding hydrogens is 404 g/mol. The topological polar surface area (TPSA) is 57.4 Å². The van der Waals surface area contributed by atoms with E-state index in [4.69, 9.17) is 21.6 Å². The predicted octanol–water partition coefficient (Wildman–Crippen LogP) is 6.98. The smallest absolute Gasteiger partial charge is 0.0737 e. The van der Waals surface area contributed by atoms with Crippen molar-refractivity contribution in [2.24, 2.45) is 0 Å². The van der Waals surface area contributed by atoms with Crippen LogP contribution in [0.4, 0.5) is 0 Å². The van der Waals surface area contributed by atoms with Crippen molar-refractivity contribution in [3.63, 3.8) is 0 Å². The zero-order chi connectivity index (χ0) is 20.8. The SMILES string of the molecule is Clc1ccc(-c2c3nc(cc4ccc(cc5ccc(cc6nc2C=C6)[nH]5)[nH]4)C=C3)cc1. The molecule has 0 saturated carbocycles. The van der Waals surface area contributed by atoms with Crippen molar-refractivity contribution in [1.29, 1.82) is 0 Å². The first-order valence-corrected chi connectivity index (χ1v) is 10.4. The van der Waals surface area contributed by atoms with Crippen LogP contribution in [0.5, 0.6) is 0 Å². The average Bonchev–Trinajstić information content (AvgIpc) is 3.55. The van der Waals surface area contributed by atoms with Crippen LogP contribution in [-0.2, 0) is 0 Å². The third-order valence-corrected chi connectivity index (χ3v) is 5.60. The lowest BCUT2D eigenvalue weighted by Crippen LogP contribution is -1.88.